The van der Waals surface area contributed by atoms with Crippen molar-refractivity contribution >= 4 is 11.6 Å². The van der Waals surface area contributed by atoms with Crippen molar-refractivity contribution in [2.75, 3.05) is 26.4 Å². The van der Waals surface area contributed by atoms with Gasteiger partial charge in [-0.2, -0.15) is 5.06 Å². The van der Waals surface area contributed by atoms with Gasteiger partial charge in [-0.05, 0) is 66.5 Å². The molecule has 4 aliphatic carbocycles. The molecule has 9 heteroatoms. The molecular formula is C32H38FNO7. The van der Waals surface area contributed by atoms with E-state index in [0.29, 0.717) is 49.8 Å². The van der Waals surface area contributed by atoms with Gasteiger partial charge in [-0.15, -0.1) is 0 Å². The number of nitrogens with zero attached hydrogens (tertiary/aromatic N) is 1. The van der Waals surface area contributed by atoms with Crippen LogP contribution in [-0.2, 0) is 21.0 Å². The number of carbonyl (C=O) groups excluding carboxylic acids is 2. The van der Waals surface area contributed by atoms with E-state index in [0.717, 1.165) is 5.56 Å². The molecule has 2 N–H and O–H groups in total. The second-order valence-electron chi connectivity index (χ2n) is 13.5. The summed E-state index contributed by atoms with van der Waals surface area (Å²) < 4.78 is 27.3. The van der Waals surface area contributed by atoms with Crippen LogP contribution in [0.5, 0.6) is 11.5 Å². The number of aliphatic hydroxyl groups is 2. The molecule has 8 nitrogen and oxygen atoms in total. The number of hydrogen-bond donors (Lipinski definition) is 2. The minimum atomic E-state index is -1.33. The number of aliphatic hydroxyl groups excluding tert-OH is 2. The molecule has 7 rings (SSSR count). The summed E-state index contributed by atoms with van der Waals surface area (Å²) in [5.41, 5.74) is -2.35. The molecular weight excluding hydrogens is 529 g/mol. The first-order valence-electron chi connectivity index (χ1n) is 14.7. The second kappa shape index (κ2) is 8.96. The van der Waals surface area contributed by atoms with Crippen LogP contribution in [-0.4, -0.2) is 71.1 Å². The van der Waals surface area contributed by atoms with Crippen LogP contribution in [0.25, 0.3) is 0 Å². The molecule has 2 heterocycles. The lowest BCUT2D eigenvalue weighted by Gasteiger charge is -2.66. The molecule has 0 spiro atoms. The molecule has 4 fully saturated rings. The number of alkyl halides is 1. The largest absolute Gasteiger partial charge is 0.486 e. The predicted octanol–water partition coefficient (Wildman–Crippen LogP) is 3.35. The minimum Gasteiger partial charge on any atom is -0.486 e. The zero-order chi connectivity index (χ0) is 28.9. The Morgan fingerprint density at radius 1 is 1.12 bits per heavy atom. The van der Waals surface area contributed by atoms with Gasteiger partial charge < -0.3 is 19.7 Å². The minimum absolute atomic E-state index is 0.115. The topological polar surface area (TPSA) is 106 Å². The Morgan fingerprint density at radius 3 is 2.63 bits per heavy atom. The third-order valence-electron chi connectivity index (χ3n) is 12.0. The van der Waals surface area contributed by atoms with Gasteiger partial charge in [-0.1, -0.05) is 32.9 Å². The zero-order valence-electron chi connectivity index (χ0n) is 23.8. The summed E-state index contributed by atoms with van der Waals surface area (Å²) in [4.78, 5) is 32.6. The first kappa shape index (κ1) is 27.3. The highest BCUT2D eigenvalue weighted by Gasteiger charge is 2.77. The Balaban J connectivity index is 1.24. The highest BCUT2D eigenvalue weighted by atomic mass is 19.1. The van der Waals surface area contributed by atoms with Crippen molar-refractivity contribution in [1.82, 2.24) is 5.06 Å². The Bertz CT molecular complexity index is 1380. The van der Waals surface area contributed by atoms with Crippen LogP contribution in [0, 0.1) is 34.0 Å². The first-order valence-corrected chi connectivity index (χ1v) is 14.7. The summed E-state index contributed by atoms with van der Waals surface area (Å²) in [5.74, 6) is 0.153. The number of hydroxylamine groups is 2. The van der Waals surface area contributed by atoms with Gasteiger partial charge in [-0.25, -0.2) is 4.39 Å². The molecule has 0 amide bonds. The summed E-state index contributed by atoms with van der Waals surface area (Å²) in [7, 11) is 0. The first-order chi connectivity index (χ1) is 19.5. The number of hydrogen-bond acceptors (Lipinski definition) is 8. The van der Waals surface area contributed by atoms with Crippen molar-refractivity contribution < 1.29 is 38.5 Å². The maximum Gasteiger partial charge on any atom is 0.192 e. The molecule has 220 valence electrons. The maximum atomic E-state index is 15.9. The van der Waals surface area contributed by atoms with Crippen LogP contribution in [0.1, 0.15) is 45.6 Å². The zero-order valence-corrected chi connectivity index (χ0v) is 23.8. The Labute approximate surface area is 239 Å². The van der Waals surface area contributed by atoms with Crippen LogP contribution in [0.2, 0.25) is 0 Å². The highest BCUT2D eigenvalue weighted by Crippen LogP contribution is 2.74. The van der Waals surface area contributed by atoms with Crippen molar-refractivity contribution in [3.8, 4) is 11.5 Å². The van der Waals surface area contributed by atoms with E-state index >= 15 is 4.39 Å². The van der Waals surface area contributed by atoms with E-state index in [1.54, 1.807) is 11.1 Å². The number of halogens is 1. The van der Waals surface area contributed by atoms with E-state index in [4.69, 9.17) is 14.3 Å². The van der Waals surface area contributed by atoms with Gasteiger partial charge in [0.2, 0.25) is 0 Å². The fourth-order valence-electron chi connectivity index (χ4n) is 9.83. The fraction of sp³-hybridized carbons (Fsp3) is 0.625. The number of allylic oxidation sites excluding steroid dienone is 4. The lowest BCUT2D eigenvalue weighted by Crippen LogP contribution is -2.68. The predicted molar refractivity (Wildman–Crippen MR) is 146 cm³/mol. The van der Waals surface area contributed by atoms with E-state index < -0.39 is 46.5 Å². The summed E-state index contributed by atoms with van der Waals surface area (Å²) in [5, 5.41) is 24.0. The van der Waals surface area contributed by atoms with Gasteiger partial charge in [0.1, 0.15) is 26.0 Å². The average Bonchev–Trinajstić information content (AvgIpc) is 3.43. The molecule has 3 saturated carbocycles. The van der Waals surface area contributed by atoms with E-state index in [-0.39, 0.29) is 36.4 Å². The van der Waals surface area contributed by atoms with Gasteiger partial charge in [0.05, 0.1) is 6.10 Å². The van der Waals surface area contributed by atoms with Crippen LogP contribution in [0.15, 0.2) is 42.0 Å². The molecule has 1 saturated heterocycles. The molecule has 1 aromatic rings. The van der Waals surface area contributed by atoms with Gasteiger partial charge >= 0.3 is 0 Å². The van der Waals surface area contributed by atoms with Crippen molar-refractivity contribution in [1.29, 1.82) is 0 Å². The quantitative estimate of drug-likeness (QED) is 0.571. The average molecular weight is 568 g/mol. The summed E-state index contributed by atoms with van der Waals surface area (Å²) >= 11 is 0. The smallest absolute Gasteiger partial charge is 0.192 e. The number of fused-ring (bicyclic) bond motifs is 8. The summed E-state index contributed by atoms with van der Waals surface area (Å²) in [6.45, 7) is 7.15. The van der Waals surface area contributed by atoms with Crippen molar-refractivity contribution in [3.05, 3.63) is 47.6 Å². The Hall–Kier alpha value is -2.59. The maximum absolute atomic E-state index is 15.9. The van der Waals surface area contributed by atoms with Gasteiger partial charge in [0, 0.05) is 35.3 Å². The van der Waals surface area contributed by atoms with Crippen molar-refractivity contribution in [3.63, 3.8) is 0 Å². The number of ether oxygens (including phenoxy) is 2. The molecule has 0 radical (unpaired) electrons. The molecule has 2 aliphatic heterocycles. The number of carbonyl (C=O) groups is 2. The molecule has 0 bridgehead atoms. The van der Waals surface area contributed by atoms with Crippen LogP contribution in [0.3, 0.4) is 0 Å². The third kappa shape index (κ3) is 3.40. The Kier molecular flexibility index (Phi) is 5.95. The summed E-state index contributed by atoms with van der Waals surface area (Å²) in [6, 6.07) is 5.74. The van der Waals surface area contributed by atoms with Crippen LogP contribution in [0.4, 0.5) is 4.39 Å². The number of benzene rings is 1. The van der Waals surface area contributed by atoms with Gasteiger partial charge in [0.25, 0.3) is 0 Å². The monoisotopic (exact) mass is 567 g/mol. The Morgan fingerprint density at radius 2 is 1.88 bits per heavy atom. The van der Waals surface area contributed by atoms with E-state index in [1.807, 2.05) is 39.0 Å². The third-order valence-corrected chi connectivity index (χ3v) is 12.0. The van der Waals surface area contributed by atoms with Gasteiger partial charge in [-0.3, -0.25) is 14.4 Å². The fourth-order valence-corrected chi connectivity index (χ4v) is 9.83. The summed E-state index contributed by atoms with van der Waals surface area (Å²) in [6.07, 6.45) is 3.54. The van der Waals surface area contributed by atoms with Crippen molar-refractivity contribution in [2.24, 2.45) is 34.0 Å². The number of ketones is 2. The van der Waals surface area contributed by atoms with E-state index in [9.17, 15) is 19.8 Å². The van der Waals surface area contributed by atoms with E-state index in [2.05, 4.69) is 0 Å². The molecule has 9 atom stereocenters. The second-order valence-corrected chi connectivity index (χ2v) is 13.5. The van der Waals surface area contributed by atoms with E-state index in [1.165, 1.54) is 12.2 Å². The van der Waals surface area contributed by atoms with Crippen LogP contribution < -0.4 is 9.47 Å². The molecule has 0 unspecified atom stereocenters. The van der Waals surface area contributed by atoms with Gasteiger partial charge in [0.15, 0.2) is 28.7 Å². The highest BCUT2D eigenvalue weighted by molar-refractivity contribution is 6.01. The lowest BCUT2D eigenvalue weighted by atomic mass is 9.39. The molecule has 41 heavy (non-hydrogen) atoms. The number of Topliss-reactive ketones (excluding diaryl/α,β-unsaturated/α-hetero) is 1. The molecule has 6 aliphatic rings. The molecule has 1 aromatic carbocycles. The van der Waals surface area contributed by atoms with Crippen molar-refractivity contribution in [2.45, 2.75) is 64.5 Å². The normalized spacial score (nSPS) is 44.5. The lowest BCUT2D eigenvalue weighted by molar-refractivity contribution is -0.266. The number of rotatable bonds is 4. The standard InChI is InChI=1S/C32H38FNO7/c1-29-7-6-20(36)12-23(29)24(33)13-22-21-11-19-16-34(15-18-4-5-25-26(10-18)40-9-8-39-25)41-32(19,28(38)17-35)30(21,2)14-27(37)31(22,29)3/h4-7,10,12,19,21-22,24,27,35,37H,8-9,11,13-17H2,1-3H3/t19-,21-,22-,24-,27-,29-,30-,31+,32-/m0/s1. The SMILES string of the molecule is C[C@]12[C@@H](O)C[C@@]3(C)[C@@H](C[C@H]4CN(Cc5ccc6c(c5)OCCO6)O[C@]43C(=O)CO)[C@@H]1C[C@H](F)C1=CC(=O)C=C[C@@]12C. The molecule has 0 aromatic heterocycles. The van der Waals surface area contributed by atoms with Crippen LogP contribution >= 0.6 is 0 Å².